The van der Waals surface area contributed by atoms with E-state index in [4.69, 9.17) is 4.84 Å². The Morgan fingerprint density at radius 3 is 2.64 bits per heavy atom. The Hall–Kier alpha value is -0.930. The summed E-state index contributed by atoms with van der Waals surface area (Å²) in [5.41, 5.74) is 1.18. The molecule has 0 fully saturated rings. The van der Waals surface area contributed by atoms with Crippen molar-refractivity contribution in [3.8, 4) is 0 Å². The lowest BCUT2D eigenvalue weighted by atomic mass is 10.2. The zero-order valence-electron chi connectivity index (χ0n) is 5.78. The van der Waals surface area contributed by atoms with Crippen molar-refractivity contribution in [3.63, 3.8) is 0 Å². The first kappa shape index (κ1) is 6.76. The molecule has 0 saturated carbocycles. The lowest BCUT2D eigenvalue weighted by Crippen LogP contribution is -1.89. The summed E-state index contributed by atoms with van der Waals surface area (Å²) in [6.45, 7) is 0. The first-order valence-electron chi connectivity index (χ1n) is 3.30. The van der Waals surface area contributed by atoms with Gasteiger partial charge in [-0.2, -0.15) is 0 Å². The number of rotatable bonds is 1. The molecule has 11 heavy (non-hydrogen) atoms. The van der Waals surface area contributed by atoms with Crippen molar-refractivity contribution in [2.45, 2.75) is 0 Å². The second kappa shape index (κ2) is 2.98. The van der Waals surface area contributed by atoms with Gasteiger partial charge in [0.25, 0.3) is 0 Å². The predicted molar refractivity (Wildman–Crippen MR) is 46.2 cm³/mol. The molecule has 0 amide bonds. The standard InChI is InChI=1S/C8H7NOS/c1-2-4-7(5-3-1)8-6-10-9-11-8/h1-6,9H. The van der Waals surface area contributed by atoms with Crippen molar-refractivity contribution in [3.05, 3.63) is 42.2 Å². The third-order valence-electron chi connectivity index (χ3n) is 1.42. The SMILES string of the molecule is C1=C(c2ccccc2)SNO1. The molecule has 2 nitrogen and oxygen atoms in total. The molecule has 0 radical (unpaired) electrons. The van der Waals surface area contributed by atoms with Crippen LogP contribution in [-0.4, -0.2) is 0 Å². The summed E-state index contributed by atoms with van der Waals surface area (Å²) in [5, 5.41) is 0. The topological polar surface area (TPSA) is 21.3 Å². The lowest BCUT2D eigenvalue weighted by molar-refractivity contribution is 0.224. The molecule has 0 aliphatic carbocycles. The zero-order chi connectivity index (χ0) is 7.52. The second-order valence-electron chi connectivity index (χ2n) is 2.15. The van der Waals surface area contributed by atoms with E-state index in [2.05, 4.69) is 17.0 Å². The molecule has 1 heterocycles. The van der Waals surface area contributed by atoms with Gasteiger partial charge in [-0.25, -0.2) is 0 Å². The fourth-order valence-corrected chi connectivity index (χ4v) is 1.44. The van der Waals surface area contributed by atoms with Gasteiger partial charge in [0.05, 0.1) is 4.91 Å². The molecule has 0 unspecified atom stereocenters. The van der Waals surface area contributed by atoms with Gasteiger partial charge in [0.1, 0.15) is 6.26 Å². The van der Waals surface area contributed by atoms with Gasteiger partial charge >= 0.3 is 0 Å². The molecule has 0 atom stereocenters. The molecule has 1 aliphatic heterocycles. The minimum Gasteiger partial charge on any atom is -0.404 e. The largest absolute Gasteiger partial charge is 0.404 e. The summed E-state index contributed by atoms with van der Waals surface area (Å²) in [5.74, 6) is 0. The smallest absolute Gasteiger partial charge is 0.128 e. The van der Waals surface area contributed by atoms with Crippen LogP contribution >= 0.6 is 11.9 Å². The number of hydrogen-bond acceptors (Lipinski definition) is 3. The third-order valence-corrected chi connectivity index (χ3v) is 2.16. The minimum absolute atomic E-state index is 1.12. The molecule has 3 heteroatoms. The Bertz CT molecular complexity index is 271. The molecule has 2 rings (SSSR count). The second-order valence-corrected chi connectivity index (χ2v) is 2.96. The van der Waals surface area contributed by atoms with Gasteiger partial charge in [-0.3, -0.25) is 0 Å². The quantitative estimate of drug-likeness (QED) is 0.644. The van der Waals surface area contributed by atoms with Crippen molar-refractivity contribution in [2.24, 2.45) is 0 Å². The van der Waals surface area contributed by atoms with E-state index in [1.807, 2.05) is 18.2 Å². The predicted octanol–water partition coefficient (Wildman–Crippen LogP) is 2.17. The van der Waals surface area contributed by atoms with Crippen LogP contribution < -0.4 is 4.89 Å². The number of hydrogen-bond donors (Lipinski definition) is 1. The minimum atomic E-state index is 1.12. The van der Waals surface area contributed by atoms with Crippen molar-refractivity contribution < 1.29 is 4.84 Å². The molecule has 0 aromatic heterocycles. The fraction of sp³-hybridized carbons (Fsp3) is 0. The Morgan fingerprint density at radius 2 is 2.00 bits per heavy atom. The molecule has 1 aromatic carbocycles. The number of nitrogens with one attached hydrogen (secondary N) is 1. The molecule has 0 spiro atoms. The molecule has 1 aromatic rings. The molecular formula is C8H7NOS. The molecular weight excluding hydrogens is 158 g/mol. The van der Waals surface area contributed by atoms with Crippen LogP contribution in [0.3, 0.4) is 0 Å². The highest BCUT2D eigenvalue weighted by Gasteiger charge is 2.07. The van der Waals surface area contributed by atoms with Gasteiger partial charge in [0.15, 0.2) is 0 Å². The first-order chi connectivity index (χ1) is 5.47. The first-order valence-corrected chi connectivity index (χ1v) is 4.11. The van der Waals surface area contributed by atoms with E-state index in [-0.39, 0.29) is 0 Å². The Labute approximate surface area is 69.3 Å². The zero-order valence-corrected chi connectivity index (χ0v) is 6.60. The van der Waals surface area contributed by atoms with Crippen molar-refractivity contribution in [2.75, 3.05) is 0 Å². The molecule has 56 valence electrons. The molecule has 0 saturated heterocycles. The van der Waals surface area contributed by atoms with Gasteiger partial charge in [-0.15, -0.1) is 0 Å². The maximum atomic E-state index is 4.86. The summed E-state index contributed by atoms with van der Waals surface area (Å²) in [7, 11) is 0. The van der Waals surface area contributed by atoms with E-state index < -0.39 is 0 Å². The Morgan fingerprint density at radius 1 is 1.18 bits per heavy atom. The number of benzene rings is 1. The Balaban J connectivity index is 2.29. The van der Waals surface area contributed by atoms with Gasteiger partial charge in [0.2, 0.25) is 0 Å². The monoisotopic (exact) mass is 165 g/mol. The van der Waals surface area contributed by atoms with Crippen LogP contribution in [0.5, 0.6) is 0 Å². The van der Waals surface area contributed by atoms with Crippen LogP contribution in [0.25, 0.3) is 4.91 Å². The van der Waals surface area contributed by atoms with Crippen molar-refractivity contribution in [1.29, 1.82) is 0 Å². The summed E-state index contributed by atoms with van der Waals surface area (Å²) < 4.78 is 0. The van der Waals surface area contributed by atoms with Crippen LogP contribution in [-0.2, 0) is 4.84 Å². The van der Waals surface area contributed by atoms with Gasteiger partial charge < -0.3 is 4.84 Å². The van der Waals surface area contributed by atoms with E-state index >= 15 is 0 Å². The van der Waals surface area contributed by atoms with Crippen LogP contribution in [0, 0.1) is 0 Å². The normalized spacial score (nSPS) is 15.8. The van der Waals surface area contributed by atoms with Gasteiger partial charge in [-0.1, -0.05) is 35.2 Å². The van der Waals surface area contributed by atoms with Gasteiger partial charge in [-0.05, 0) is 17.5 Å². The van der Waals surface area contributed by atoms with Crippen LogP contribution in [0.15, 0.2) is 36.6 Å². The molecule has 1 aliphatic rings. The average Bonchev–Trinajstić information content (AvgIpc) is 2.58. The van der Waals surface area contributed by atoms with E-state index in [0.29, 0.717) is 0 Å². The van der Waals surface area contributed by atoms with E-state index in [0.717, 1.165) is 4.91 Å². The summed E-state index contributed by atoms with van der Waals surface area (Å²) >= 11 is 1.48. The fourth-order valence-electron chi connectivity index (χ4n) is 0.900. The van der Waals surface area contributed by atoms with Crippen LogP contribution in [0.4, 0.5) is 0 Å². The third kappa shape index (κ3) is 1.39. The summed E-state index contributed by atoms with van der Waals surface area (Å²) in [6.07, 6.45) is 1.71. The van der Waals surface area contributed by atoms with E-state index in [9.17, 15) is 0 Å². The maximum Gasteiger partial charge on any atom is 0.128 e. The highest BCUT2D eigenvalue weighted by atomic mass is 32.2. The van der Waals surface area contributed by atoms with Crippen LogP contribution in [0.1, 0.15) is 5.56 Å². The van der Waals surface area contributed by atoms with E-state index in [1.165, 1.54) is 17.5 Å². The highest BCUT2D eigenvalue weighted by Crippen LogP contribution is 2.28. The molecule has 1 N–H and O–H groups in total. The Kier molecular flexibility index (Phi) is 1.83. The van der Waals surface area contributed by atoms with E-state index in [1.54, 1.807) is 6.26 Å². The van der Waals surface area contributed by atoms with Gasteiger partial charge in [0, 0.05) is 0 Å². The van der Waals surface area contributed by atoms with Crippen molar-refractivity contribution in [1.82, 2.24) is 4.89 Å². The molecule has 0 bridgehead atoms. The lowest BCUT2D eigenvalue weighted by Gasteiger charge is -1.95. The summed E-state index contributed by atoms with van der Waals surface area (Å²) in [4.78, 5) is 8.67. The highest BCUT2D eigenvalue weighted by molar-refractivity contribution is 8.06. The summed E-state index contributed by atoms with van der Waals surface area (Å²) in [6, 6.07) is 10.1. The van der Waals surface area contributed by atoms with Crippen LogP contribution in [0.2, 0.25) is 0 Å². The average molecular weight is 165 g/mol. The van der Waals surface area contributed by atoms with Crippen molar-refractivity contribution >= 4 is 16.9 Å². The maximum absolute atomic E-state index is 4.86.